The van der Waals surface area contributed by atoms with Crippen molar-refractivity contribution >= 4 is 5.97 Å². The van der Waals surface area contributed by atoms with E-state index in [1.165, 1.54) is 0 Å². The van der Waals surface area contributed by atoms with Crippen molar-refractivity contribution < 1.29 is 9.90 Å². The zero-order valence-corrected chi connectivity index (χ0v) is 3.79. The molecule has 0 aliphatic heterocycles. The summed E-state index contributed by atoms with van der Waals surface area (Å²) in [6, 6.07) is 0. The number of carboxylic acid groups (broad SMARTS) is 1. The summed E-state index contributed by atoms with van der Waals surface area (Å²) in [5.41, 5.74) is 4.87. The molecule has 0 aliphatic rings. The van der Waals surface area contributed by atoms with E-state index < -0.39 is 11.9 Å². The molecule has 2 radical (unpaired) electrons. The summed E-state index contributed by atoms with van der Waals surface area (Å²) in [4.78, 5) is 9.73. The summed E-state index contributed by atoms with van der Waals surface area (Å²) in [6.07, 6.45) is 0. The van der Waals surface area contributed by atoms with Crippen LogP contribution < -0.4 is 5.73 Å². The van der Waals surface area contributed by atoms with E-state index in [2.05, 4.69) is 0 Å². The Morgan fingerprint density at radius 2 is 2.43 bits per heavy atom. The maximum atomic E-state index is 9.73. The molecule has 1 atom stereocenters. The van der Waals surface area contributed by atoms with Crippen LogP contribution in [0.4, 0.5) is 0 Å². The van der Waals surface area contributed by atoms with Gasteiger partial charge in [0.2, 0.25) is 0 Å². The van der Waals surface area contributed by atoms with Crippen molar-refractivity contribution in [2.24, 2.45) is 11.7 Å². The van der Waals surface area contributed by atoms with Crippen molar-refractivity contribution in [3.8, 4) is 0 Å². The molecule has 3 heteroatoms. The van der Waals surface area contributed by atoms with Crippen molar-refractivity contribution in [2.45, 2.75) is 0 Å². The molecule has 0 unspecified atom stereocenters. The quantitative estimate of drug-likeness (QED) is 0.486. The van der Waals surface area contributed by atoms with Gasteiger partial charge in [0.25, 0.3) is 0 Å². The molecule has 0 fully saturated rings. The van der Waals surface area contributed by atoms with Crippen molar-refractivity contribution in [3.63, 3.8) is 0 Å². The Labute approximate surface area is 42.1 Å². The van der Waals surface area contributed by atoms with Crippen molar-refractivity contribution in [1.29, 1.82) is 0 Å². The smallest absolute Gasteiger partial charge is 0.308 e. The normalized spacial score (nSPS) is 13.4. The summed E-state index contributed by atoms with van der Waals surface area (Å²) in [5.74, 6) is -1.96. The average molecular weight is 101 g/mol. The average Bonchev–Trinajstić information content (AvgIpc) is 1.65. The van der Waals surface area contributed by atoms with E-state index >= 15 is 0 Å². The van der Waals surface area contributed by atoms with Gasteiger partial charge in [0, 0.05) is 6.54 Å². The number of carboxylic acids is 1. The lowest BCUT2D eigenvalue weighted by molar-refractivity contribution is -0.139. The molecule has 0 aromatic carbocycles. The molecule has 0 heterocycles. The van der Waals surface area contributed by atoms with Crippen LogP contribution in [0.1, 0.15) is 0 Å². The molecule has 0 bridgehead atoms. The van der Waals surface area contributed by atoms with Crippen LogP contribution in [0.2, 0.25) is 0 Å². The van der Waals surface area contributed by atoms with Crippen molar-refractivity contribution in [1.82, 2.24) is 0 Å². The monoisotopic (exact) mass is 101 g/mol. The van der Waals surface area contributed by atoms with Crippen LogP contribution in [0, 0.1) is 12.8 Å². The van der Waals surface area contributed by atoms with E-state index in [0.717, 1.165) is 0 Å². The van der Waals surface area contributed by atoms with E-state index in [0.29, 0.717) is 0 Å². The number of carbonyl (C=O) groups is 1. The molecular formula is C4H7NO2. The lowest BCUT2D eigenvalue weighted by Gasteiger charge is -1.96. The highest BCUT2D eigenvalue weighted by Gasteiger charge is 2.05. The molecule has 0 aromatic heterocycles. The van der Waals surface area contributed by atoms with Crippen LogP contribution in [0.3, 0.4) is 0 Å². The summed E-state index contributed by atoms with van der Waals surface area (Å²) in [7, 11) is 0. The first kappa shape index (κ1) is 6.43. The Balaban J connectivity index is 3.34. The predicted octanol–water partition coefficient (Wildman–Crippen LogP) is -0.643. The Morgan fingerprint density at radius 3 is 2.43 bits per heavy atom. The molecule has 7 heavy (non-hydrogen) atoms. The molecule has 0 amide bonds. The van der Waals surface area contributed by atoms with Gasteiger partial charge in [-0.3, -0.25) is 4.79 Å². The fourth-order valence-corrected chi connectivity index (χ4v) is 0.101. The van der Waals surface area contributed by atoms with Crippen LogP contribution in [-0.2, 0) is 4.79 Å². The molecule has 3 N–H and O–H groups in total. The molecule has 0 saturated carbocycles. The van der Waals surface area contributed by atoms with E-state index in [9.17, 15) is 4.79 Å². The van der Waals surface area contributed by atoms with E-state index in [1.54, 1.807) is 0 Å². The Morgan fingerprint density at radius 1 is 2.00 bits per heavy atom. The highest BCUT2D eigenvalue weighted by atomic mass is 16.4. The van der Waals surface area contributed by atoms with Gasteiger partial charge in [-0.2, -0.15) is 0 Å². The lowest BCUT2D eigenvalue weighted by Crippen LogP contribution is -2.19. The van der Waals surface area contributed by atoms with E-state index in [-0.39, 0.29) is 6.54 Å². The van der Waals surface area contributed by atoms with Crippen LogP contribution in [0.5, 0.6) is 0 Å². The fraction of sp³-hybridized carbons (Fsp3) is 0.500. The Kier molecular flexibility index (Phi) is 2.37. The minimum Gasteiger partial charge on any atom is -0.481 e. The van der Waals surface area contributed by atoms with Gasteiger partial charge in [-0.15, -0.1) is 0 Å². The molecule has 0 aromatic rings. The summed E-state index contributed by atoms with van der Waals surface area (Å²) in [5, 5.41) is 7.98. The first-order valence-corrected chi connectivity index (χ1v) is 1.87. The van der Waals surface area contributed by atoms with Gasteiger partial charge in [-0.1, -0.05) is 0 Å². The number of nitrogens with two attached hydrogens (primary N) is 1. The van der Waals surface area contributed by atoms with Gasteiger partial charge in [0.05, 0.1) is 5.92 Å². The van der Waals surface area contributed by atoms with Crippen LogP contribution in [0.15, 0.2) is 0 Å². The number of hydrogen-bond acceptors (Lipinski definition) is 2. The highest BCUT2D eigenvalue weighted by Crippen LogP contribution is 1.86. The van der Waals surface area contributed by atoms with E-state index in [4.69, 9.17) is 17.8 Å². The van der Waals surface area contributed by atoms with Gasteiger partial charge in [-0.05, 0) is 6.92 Å². The second-order valence-corrected chi connectivity index (χ2v) is 1.18. The number of hydrogen-bond donors (Lipinski definition) is 2. The largest absolute Gasteiger partial charge is 0.481 e. The van der Waals surface area contributed by atoms with Crippen LogP contribution in [-0.4, -0.2) is 17.6 Å². The second-order valence-electron chi connectivity index (χ2n) is 1.18. The summed E-state index contributed by atoms with van der Waals surface area (Å²) in [6.45, 7) is 4.89. The maximum Gasteiger partial charge on any atom is 0.308 e. The first-order chi connectivity index (χ1) is 3.18. The third-order valence-electron chi connectivity index (χ3n) is 0.571. The lowest BCUT2D eigenvalue weighted by atomic mass is 10.2. The van der Waals surface area contributed by atoms with Crippen molar-refractivity contribution in [3.05, 3.63) is 6.92 Å². The number of rotatable bonds is 2. The summed E-state index contributed by atoms with van der Waals surface area (Å²) < 4.78 is 0. The summed E-state index contributed by atoms with van der Waals surface area (Å²) >= 11 is 0. The maximum absolute atomic E-state index is 9.73. The van der Waals surface area contributed by atoms with Crippen molar-refractivity contribution in [2.75, 3.05) is 6.54 Å². The van der Waals surface area contributed by atoms with Gasteiger partial charge < -0.3 is 10.8 Å². The number of aliphatic carboxylic acids is 1. The third kappa shape index (κ3) is 2.17. The van der Waals surface area contributed by atoms with Crippen LogP contribution in [0.25, 0.3) is 0 Å². The minimum atomic E-state index is -1.05. The third-order valence-corrected chi connectivity index (χ3v) is 0.571. The van der Waals surface area contributed by atoms with Gasteiger partial charge >= 0.3 is 5.97 Å². The zero-order chi connectivity index (χ0) is 5.86. The Bertz CT molecular complexity index is 72.1. The van der Waals surface area contributed by atoms with Gasteiger partial charge in [0.1, 0.15) is 0 Å². The minimum absolute atomic E-state index is 0.00463. The second kappa shape index (κ2) is 2.58. The molecule has 3 nitrogen and oxygen atoms in total. The zero-order valence-electron chi connectivity index (χ0n) is 3.79. The molecule has 0 saturated heterocycles. The molecule has 0 aliphatic carbocycles. The Hall–Kier alpha value is -0.570. The molecular weight excluding hydrogens is 94.0 g/mol. The van der Waals surface area contributed by atoms with Gasteiger partial charge in [-0.25, -0.2) is 0 Å². The van der Waals surface area contributed by atoms with E-state index in [1.807, 2.05) is 0 Å². The molecule has 40 valence electrons. The molecule has 0 rings (SSSR count). The topological polar surface area (TPSA) is 63.3 Å². The first-order valence-electron chi connectivity index (χ1n) is 1.87. The fourth-order valence-electron chi connectivity index (χ4n) is 0.101. The predicted molar refractivity (Wildman–Crippen MR) is 24.5 cm³/mol. The molecule has 0 spiro atoms. The van der Waals surface area contributed by atoms with Gasteiger partial charge in [0.15, 0.2) is 0 Å². The highest BCUT2D eigenvalue weighted by molar-refractivity contribution is 5.70. The van der Waals surface area contributed by atoms with Crippen LogP contribution >= 0.6 is 0 Å². The standard InChI is InChI=1S/C4H7NO2/c1-3(2-5)4(6)7/h1,3H,2,5H2,(H,6,7)/t3-/m0/s1. The SMILES string of the molecule is [CH][C@@H](CN)C(=O)O.